The molecule has 0 radical (unpaired) electrons. The standard InChI is InChI=1S/C15H12F2/c16-13-6-3-7-14(17)15(13)12-5-2-1-4-11(12)10-8-9-10/h1-7,10H,8-9H2. The summed E-state index contributed by atoms with van der Waals surface area (Å²) < 4.78 is 27.5. The van der Waals surface area contributed by atoms with Crippen molar-refractivity contribution in [1.29, 1.82) is 0 Å². The van der Waals surface area contributed by atoms with Crippen molar-refractivity contribution >= 4 is 0 Å². The molecule has 86 valence electrons. The van der Waals surface area contributed by atoms with Gasteiger partial charge in [0.1, 0.15) is 11.6 Å². The molecule has 0 N–H and O–H groups in total. The summed E-state index contributed by atoms with van der Waals surface area (Å²) >= 11 is 0. The van der Waals surface area contributed by atoms with E-state index in [-0.39, 0.29) is 5.56 Å². The average Bonchev–Trinajstić information content (AvgIpc) is 3.13. The Morgan fingerprint density at radius 2 is 1.47 bits per heavy atom. The lowest BCUT2D eigenvalue weighted by molar-refractivity contribution is 0.589. The maximum absolute atomic E-state index is 13.8. The van der Waals surface area contributed by atoms with Crippen LogP contribution in [0, 0.1) is 11.6 Å². The Hall–Kier alpha value is -1.70. The molecule has 1 saturated carbocycles. The highest BCUT2D eigenvalue weighted by Crippen LogP contribution is 2.45. The van der Waals surface area contributed by atoms with Crippen LogP contribution in [0.25, 0.3) is 11.1 Å². The van der Waals surface area contributed by atoms with E-state index in [1.165, 1.54) is 18.2 Å². The quantitative estimate of drug-likeness (QED) is 0.712. The highest BCUT2D eigenvalue weighted by Gasteiger charge is 2.27. The lowest BCUT2D eigenvalue weighted by Gasteiger charge is -2.10. The van der Waals surface area contributed by atoms with Crippen LogP contribution in [0.15, 0.2) is 42.5 Å². The third kappa shape index (κ3) is 1.84. The van der Waals surface area contributed by atoms with E-state index in [1.54, 1.807) is 6.07 Å². The first kappa shape index (κ1) is 10.5. The van der Waals surface area contributed by atoms with Crippen LogP contribution in [0.3, 0.4) is 0 Å². The highest BCUT2D eigenvalue weighted by molar-refractivity contribution is 5.69. The summed E-state index contributed by atoms with van der Waals surface area (Å²) in [7, 11) is 0. The first-order valence-electron chi connectivity index (χ1n) is 5.80. The summed E-state index contributed by atoms with van der Waals surface area (Å²) in [5.41, 5.74) is 1.87. The zero-order valence-corrected chi connectivity index (χ0v) is 9.29. The van der Waals surface area contributed by atoms with Gasteiger partial charge < -0.3 is 0 Å². The summed E-state index contributed by atoms with van der Waals surface area (Å²) in [6, 6.07) is 11.5. The van der Waals surface area contributed by atoms with Crippen molar-refractivity contribution in [1.82, 2.24) is 0 Å². The second-order valence-corrected chi connectivity index (χ2v) is 4.46. The Labute approximate surface area is 98.9 Å². The van der Waals surface area contributed by atoms with E-state index in [2.05, 4.69) is 0 Å². The van der Waals surface area contributed by atoms with Gasteiger partial charge in [0.2, 0.25) is 0 Å². The van der Waals surface area contributed by atoms with E-state index in [0.29, 0.717) is 11.5 Å². The molecular formula is C15H12F2. The van der Waals surface area contributed by atoms with Crippen molar-refractivity contribution < 1.29 is 8.78 Å². The molecule has 2 heteroatoms. The molecule has 3 rings (SSSR count). The van der Waals surface area contributed by atoms with Crippen molar-refractivity contribution in [2.24, 2.45) is 0 Å². The molecule has 17 heavy (non-hydrogen) atoms. The molecule has 0 unspecified atom stereocenters. The minimum absolute atomic E-state index is 0.106. The zero-order chi connectivity index (χ0) is 11.8. The number of rotatable bonds is 2. The van der Waals surface area contributed by atoms with Gasteiger partial charge in [0.25, 0.3) is 0 Å². The maximum atomic E-state index is 13.8. The largest absolute Gasteiger partial charge is 0.206 e. The van der Waals surface area contributed by atoms with Crippen molar-refractivity contribution in [3.05, 3.63) is 59.7 Å². The maximum Gasteiger partial charge on any atom is 0.133 e. The van der Waals surface area contributed by atoms with E-state index < -0.39 is 11.6 Å². The molecule has 0 amide bonds. The molecule has 0 aliphatic heterocycles. The van der Waals surface area contributed by atoms with Gasteiger partial charge >= 0.3 is 0 Å². The number of hydrogen-bond donors (Lipinski definition) is 0. The van der Waals surface area contributed by atoms with Gasteiger partial charge in [0.15, 0.2) is 0 Å². The topological polar surface area (TPSA) is 0 Å². The Bertz CT molecular complexity index is 536. The molecule has 0 heterocycles. The Balaban J connectivity index is 2.21. The summed E-state index contributed by atoms with van der Waals surface area (Å²) in [6.07, 6.45) is 2.24. The van der Waals surface area contributed by atoms with Crippen molar-refractivity contribution in [2.45, 2.75) is 18.8 Å². The molecule has 2 aromatic carbocycles. The van der Waals surface area contributed by atoms with Crippen LogP contribution in [0.5, 0.6) is 0 Å². The zero-order valence-electron chi connectivity index (χ0n) is 9.29. The second kappa shape index (κ2) is 3.95. The molecular weight excluding hydrogens is 218 g/mol. The van der Waals surface area contributed by atoms with E-state index in [0.717, 1.165) is 18.4 Å². The normalized spacial score (nSPS) is 14.9. The fourth-order valence-corrected chi connectivity index (χ4v) is 2.23. The summed E-state index contributed by atoms with van der Waals surface area (Å²) in [5, 5.41) is 0. The lowest BCUT2D eigenvalue weighted by Crippen LogP contribution is -1.93. The smallest absolute Gasteiger partial charge is 0.133 e. The average molecular weight is 230 g/mol. The molecule has 0 nitrogen and oxygen atoms in total. The van der Waals surface area contributed by atoms with E-state index >= 15 is 0 Å². The Kier molecular flexibility index (Phi) is 2.43. The molecule has 0 spiro atoms. The van der Waals surface area contributed by atoms with Gasteiger partial charge in [0, 0.05) is 0 Å². The molecule has 0 aromatic heterocycles. The lowest BCUT2D eigenvalue weighted by atomic mass is 9.96. The van der Waals surface area contributed by atoms with Crippen LogP contribution >= 0.6 is 0 Å². The van der Waals surface area contributed by atoms with Crippen LogP contribution in [0.1, 0.15) is 24.3 Å². The van der Waals surface area contributed by atoms with Crippen LogP contribution in [-0.4, -0.2) is 0 Å². The first-order chi connectivity index (χ1) is 8.27. The fraction of sp³-hybridized carbons (Fsp3) is 0.200. The second-order valence-electron chi connectivity index (χ2n) is 4.46. The van der Waals surface area contributed by atoms with Gasteiger partial charge in [-0.2, -0.15) is 0 Å². The minimum Gasteiger partial charge on any atom is -0.206 e. The Morgan fingerprint density at radius 1 is 0.824 bits per heavy atom. The van der Waals surface area contributed by atoms with Crippen molar-refractivity contribution in [3.8, 4) is 11.1 Å². The number of benzene rings is 2. The molecule has 0 bridgehead atoms. The first-order valence-corrected chi connectivity index (χ1v) is 5.80. The van der Waals surface area contributed by atoms with E-state index in [9.17, 15) is 8.78 Å². The van der Waals surface area contributed by atoms with Gasteiger partial charge in [-0.1, -0.05) is 30.3 Å². The molecule has 0 atom stereocenters. The number of hydrogen-bond acceptors (Lipinski definition) is 0. The SMILES string of the molecule is Fc1cccc(F)c1-c1ccccc1C1CC1. The third-order valence-electron chi connectivity index (χ3n) is 3.21. The van der Waals surface area contributed by atoms with E-state index in [1.807, 2.05) is 18.2 Å². The van der Waals surface area contributed by atoms with Gasteiger partial charge in [-0.3, -0.25) is 0 Å². The van der Waals surface area contributed by atoms with Crippen LogP contribution < -0.4 is 0 Å². The van der Waals surface area contributed by atoms with Crippen molar-refractivity contribution in [3.63, 3.8) is 0 Å². The van der Waals surface area contributed by atoms with Crippen LogP contribution in [0.4, 0.5) is 8.78 Å². The number of halogens is 2. The molecule has 1 aliphatic carbocycles. The van der Waals surface area contributed by atoms with Crippen LogP contribution in [-0.2, 0) is 0 Å². The predicted octanol–water partition coefficient (Wildman–Crippen LogP) is 4.51. The van der Waals surface area contributed by atoms with Gasteiger partial charge in [-0.05, 0) is 42.0 Å². The predicted molar refractivity (Wildman–Crippen MR) is 63.8 cm³/mol. The Morgan fingerprint density at radius 3 is 2.12 bits per heavy atom. The summed E-state index contributed by atoms with van der Waals surface area (Å²) in [4.78, 5) is 0. The van der Waals surface area contributed by atoms with Gasteiger partial charge in [-0.15, -0.1) is 0 Å². The fourth-order valence-electron chi connectivity index (χ4n) is 2.23. The molecule has 1 aliphatic rings. The van der Waals surface area contributed by atoms with Gasteiger partial charge in [0.05, 0.1) is 5.56 Å². The van der Waals surface area contributed by atoms with Crippen molar-refractivity contribution in [2.75, 3.05) is 0 Å². The summed E-state index contributed by atoms with van der Waals surface area (Å²) in [6.45, 7) is 0. The van der Waals surface area contributed by atoms with E-state index in [4.69, 9.17) is 0 Å². The highest BCUT2D eigenvalue weighted by atomic mass is 19.1. The molecule has 1 fully saturated rings. The van der Waals surface area contributed by atoms with Gasteiger partial charge in [-0.25, -0.2) is 8.78 Å². The monoisotopic (exact) mass is 230 g/mol. The third-order valence-corrected chi connectivity index (χ3v) is 3.21. The summed E-state index contributed by atoms with van der Waals surface area (Å²) in [5.74, 6) is -0.499. The van der Waals surface area contributed by atoms with Crippen LogP contribution in [0.2, 0.25) is 0 Å². The molecule has 2 aromatic rings. The molecule has 0 saturated heterocycles. The minimum atomic E-state index is -0.488.